The number of benzene rings is 1. The minimum absolute atomic E-state index is 0.190. The zero-order valence-electron chi connectivity index (χ0n) is 7.51. The van der Waals surface area contributed by atoms with Crippen LogP contribution < -0.4 is 0 Å². The molecule has 68 valence electrons. The fourth-order valence-corrected chi connectivity index (χ4v) is 1.95. The van der Waals surface area contributed by atoms with Crippen molar-refractivity contribution in [3.63, 3.8) is 0 Å². The summed E-state index contributed by atoms with van der Waals surface area (Å²) in [5, 5.41) is 0.713. The van der Waals surface area contributed by atoms with Crippen LogP contribution in [0, 0.1) is 0 Å². The van der Waals surface area contributed by atoms with E-state index in [9.17, 15) is 4.79 Å². The summed E-state index contributed by atoms with van der Waals surface area (Å²) in [6, 6.07) is 7.62. The van der Waals surface area contributed by atoms with E-state index < -0.39 is 0 Å². The fraction of sp³-hybridized carbons (Fsp3) is 0.364. The number of carbonyl (C=O) groups is 1. The zero-order chi connectivity index (χ0) is 9.47. The van der Waals surface area contributed by atoms with Crippen molar-refractivity contribution in [3.8, 4) is 0 Å². The summed E-state index contributed by atoms with van der Waals surface area (Å²) < 4.78 is 0. The molecule has 1 nitrogen and oxygen atoms in total. The van der Waals surface area contributed by atoms with E-state index in [4.69, 9.17) is 11.6 Å². The van der Waals surface area contributed by atoms with E-state index in [1.807, 2.05) is 24.3 Å². The van der Waals surface area contributed by atoms with Gasteiger partial charge in [0.05, 0.1) is 5.41 Å². The van der Waals surface area contributed by atoms with Crippen LogP contribution in [-0.4, -0.2) is 5.78 Å². The molecule has 0 amide bonds. The molecule has 0 unspecified atom stereocenters. The van der Waals surface area contributed by atoms with Gasteiger partial charge in [0.25, 0.3) is 0 Å². The Hall–Kier alpha value is -0.820. The van der Waals surface area contributed by atoms with Gasteiger partial charge in [-0.1, -0.05) is 23.7 Å². The van der Waals surface area contributed by atoms with Gasteiger partial charge >= 0.3 is 0 Å². The zero-order valence-corrected chi connectivity index (χ0v) is 8.27. The van der Waals surface area contributed by atoms with Gasteiger partial charge in [-0.25, -0.2) is 0 Å². The van der Waals surface area contributed by atoms with Gasteiger partial charge in [0.2, 0.25) is 0 Å². The highest BCUT2D eigenvalue weighted by atomic mass is 35.5. The van der Waals surface area contributed by atoms with Crippen LogP contribution >= 0.6 is 11.6 Å². The number of carbonyl (C=O) groups excluding carboxylic acids is 1. The number of rotatable bonds is 2. The Kier molecular flexibility index (Phi) is 1.92. The fourth-order valence-electron chi connectivity index (χ4n) is 1.76. The van der Waals surface area contributed by atoms with E-state index in [0.29, 0.717) is 5.02 Å². The lowest BCUT2D eigenvalue weighted by Gasteiger charge is -2.11. The molecule has 1 fully saturated rings. The summed E-state index contributed by atoms with van der Waals surface area (Å²) in [4.78, 5) is 11.4. The Balaban J connectivity index is 2.41. The molecular formula is C11H11ClO. The quantitative estimate of drug-likeness (QED) is 0.708. The molecule has 1 aliphatic carbocycles. The van der Waals surface area contributed by atoms with E-state index in [1.165, 1.54) is 0 Å². The minimum atomic E-state index is -0.190. The van der Waals surface area contributed by atoms with Gasteiger partial charge in [-0.15, -0.1) is 0 Å². The Bertz CT molecular complexity index is 353. The van der Waals surface area contributed by atoms with Crippen molar-refractivity contribution in [2.45, 2.75) is 25.2 Å². The SMILES string of the molecule is CC(=O)C1(c2cccc(Cl)c2)CC1. The van der Waals surface area contributed by atoms with Gasteiger partial charge in [0.15, 0.2) is 0 Å². The maximum absolute atomic E-state index is 11.4. The normalized spacial score (nSPS) is 18.3. The van der Waals surface area contributed by atoms with Gasteiger partial charge in [0.1, 0.15) is 5.78 Å². The number of hydrogen-bond acceptors (Lipinski definition) is 1. The molecule has 0 aliphatic heterocycles. The average Bonchev–Trinajstić information content (AvgIpc) is 2.83. The molecule has 1 aromatic rings. The second-order valence-electron chi connectivity index (χ2n) is 3.65. The third-order valence-corrected chi connectivity index (χ3v) is 3.04. The molecule has 2 rings (SSSR count). The Morgan fingerprint density at radius 1 is 1.46 bits per heavy atom. The molecule has 0 saturated heterocycles. The molecule has 0 aromatic heterocycles. The molecule has 2 heteroatoms. The van der Waals surface area contributed by atoms with Gasteiger partial charge < -0.3 is 0 Å². The molecular weight excluding hydrogens is 184 g/mol. The van der Waals surface area contributed by atoms with Crippen molar-refractivity contribution in [3.05, 3.63) is 34.9 Å². The van der Waals surface area contributed by atoms with Crippen LogP contribution in [0.1, 0.15) is 25.3 Å². The van der Waals surface area contributed by atoms with Crippen LogP contribution in [0.5, 0.6) is 0 Å². The summed E-state index contributed by atoms with van der Waals surface area (Å²) in [6.07, 6.45) is 1.95. The topological polar surface area (TPSA) is 17.1 Å². The Morgan fingerprint density at radius 3 is 2.62 bits per heavy atom. The predicted molar refractivity (Wildman–Crippen MR) is 53.0 cm³/mol. The van der Waals surface area contributed by atoms with Crippen LogP contribution in [0.15, 0.2) is 24.3 Å². The Labute approximate surface area is 82.7 Å². The van der Waals surface area contributed by atoms with Gasteiger partial charge in [-0.05, 0) is 37.5 Å². The molecule has 1 aromatic carbocycles. The maximum atomic E-state index is 11.4. The number of ketones is 1. The molecule has 0 radical (unpaired) electrons. The average molecular weight is 195 g/mol. The monoisotopic (exact) mass is 194 g/mol. The minimum Gasteiger partial charge on any atom is -0.299 e. The van der Waals surface area contributed by atoms with Crippen molar-refractivity contribution in [2.75, 3.05) is 0 Å². The van der Waals surface area contributed by atoms with Gasteiger partial charge in [0, 0.05) is 5.02 Å². The van der Waals surface area contributed by atoms with Crippen LogP contribution in [0.3, 0.4) is 0 Å². The highest BCUT2D eigenvalue weighted by Gasteiger charge is 2.48. The molecule has 0 spiro atoms. The second kappa shape index (κ2) is 2.85. The van der Waals surface area contributed by atoms with E-state index >= 15 is 0 Å². The highest BCUT2D eigenvalue weighted by molar-refractivity contribution is 6.30. The van der Waals surface area contributed by atoms with Crippen molar-refractivity contribution >= 4 is 17.4 Å². The largest absolute Gasteiger partial charge is 0.299 e. The first-order valence-electron chi connectivity index (χ1n) is 4.42. The first kappa shape index (κ1) is 8.76. The van der Waals surface area contributed by atoms with Crippen LogP contribution in [0.2, 0.25) is 5.02 Å². The molecule has 0 bridgehead atoms. The molecule has 0 N–H and O–H groups in total. The standard InChI is InChI=1S/C11H11ClO/c1-8(13)11(5-6-11)9-3-2-4-10(12)7-9/h2-4,7H,5-6H2,1H3. The van der Waals surface area contributed by atoms with Crippen molar-refractivity contribution in [1.82, 2.24) is 0 Å². The van der Waals surface area contributed by atoms with Crippen molar-refractivity contribution in [2.24, 2.45) is 0 Å². The van der Waals surface area contributed by atoms with Crippen molar-refractivity contribution in [1.29, 1.82) is 0 Å². The molecule has 1 saturated carbocycles. The summed E-state index contributed by atoms with van der Waals surface area (Å²) in [6.45, 7) is 1.66. The van der Waals surface area contributed by atoms with Crippen LogP contribution in [0.4, 0.5) is 0 Å². The smallest absolute Gasteiger partial charge is 0.140 e. The Morgan fingerprint density at radius 2 is 2.15 bits per heavy atom. The summed E-state index contributed by atoms with van der Waals surface area (Å²) in [5.74, 6) is 0.259. The summed E-state index contributed by atoms with van der Waals surface area (Å²) in [7, 11) is 0. The third-order valence-electron chi connectivity index (χ3n) is 2.80. The molecule has 13 heavy (non-hydrogen) atoms. The molecule has 1 aliphatic rings. The lowest BCUT2D eigenvalue weighted by Crippen LogP contribution is -2.16. The second-order valence-corrected chi connectivity index (χ2v) is 4.09. The lowest BCUT2D eigenvalue weighted by atomic mass is 9.92. The van der Waals surface area contributed by atoms with Gasteiger partial charge in [-0.3, -0.25) is 4.79 Å². The number of hydrogen-bond donors (Lipinski definition) is 0. The molecule has 0 heterocycles. The van der Waals surface area contributed by atoms with E-state index in [-0.39, 0.29) is 11.2 Å². The summed E-state index contributed by atoms with van der Waals surface area (Å²) in [5.41, 5.74) is 0.887. The van der Waals surface area contributed by atoms with E-state index in [0.717, 1.165) is 18.4 Å². The molecule has 0 atom stereocenters. The predicted octanol–water partition coefficient (Wildman–Crippen LogP) is 2.96. The first-order valence-corrected chi connectivity index (χ1v) is 4.80. The highest BCUT2D eigenvalue weighted by Crippen LogP contribution is 2.49. The van der Waals surface area contributed by atoms with Crippen LogP contribution in [0.25, 0.3) is 0 Å². The van der Waals surface area contributed by atoms with Crippen molar-refractivity contribution < 1.29 is 4.79 Å². The first-order chi connectivity index (χ1) is 6.15. The van der Waals surface area contributed by atoms with E-state index in [1.54, 1.807) is 6.92 Å². The number of Topliss-reactive ketones (excluding diaryl/α,β-unsaturated/α-hetero) is 1. The number of halogens is 1. The van der Waals surface area contributed by atoms with Crippen LogP contribution in [-0.2, 0) is 10.2 Å². The third kappa shape index (κ3) is 1.37. The van der Waals surface area contributed by atoms with Gasteiger partial charge in [-0.2, -0.15) is 0 Å². The maximum Gasteiger partial charge on any atom is 0.140 e. The lowest BCUT2D eigenvalue weighted by molar-refractivity contribution is -0.119. The summed E-state index contributed by atoms with van der Waals surface area (Å²) >= 11 is 5.87. The van der Waals surface area contributed by atoms with E-state index in [2.05, 4.69) is 0 Å².